The van der Waals surface area contributed by atoms with Crippen molar-refractivity contribution in [3.63, 3.8) is 0 Å². The predicted octanol–water partition coefficient (Wildman–Crippen LogP) is 5.56. The van der Waals surface area contributed by atoms with Gasteiger partial charge in [0.25, 0.3) is 15.6 Å². The summed E-state index contributed by atoms with van der Waals surface area (Å²) in [6.07, 6.45) is 1.84. The molecule has 230 valence electrons. The molecule has 5 aromatic rings. The quantitative estimate of drug-likeness (QED) is 0.213. The first-order chi connectivity index (χ1) is 20.9. The van der Waals surface area contributed by atoms with Crippen LogP contribution in [0.5, 0.6) is 0 Å². The van der Waals surface area contributed by atoms with Gasteiger partial charge >= 0.3 is 5.69 Å². The standard InChI is InChI=1S/C33H36FN5O4S/c1-5-6-19-38-30-29(31(40)39(32(38)41)21-23-9-7-8-10-27(23)34)35-28(36-30)20-22-11-15-25(16-12-22)37-44(42,43)26-17-13-24(14-18-26)33(2,3)4/h7-18,37H,5-6,19-21H2,1-4H3,(H,35,36). The molecule has 0 spiro atoms. The Kier molecular flexibility index (Phi) is 8.60. The highest BCUT2D eigenvalue weighted by atomic mass is 32.2. The number of hydrogen-bond acceptors (Lipinski definition) is 5. The third kappa shape index (κ3) is 6.52. The molecule has 0 aliphatic carbocycles. The van der Waals surface area contributed by atoms with Crippen molar-refractivity contribution in [1.82, 2.24) is 19.1 Å². The second-order valence-electron chi connectivity index (χ2n) is 11.9. The van der Waals surface area contributed by atoms with E-state index in [1.54, 1.807) is 54.6 Å². The third-order valence-corrected chi connectivity index (χ3v) is 8.94. The minimum atomic E-state index is -3.78. The highest BCUT2D eigenvalue weighted by Crippen LogP contribution is 2.24. The molecule has 0 saturated carbocycles. The second-order valence-corrected chi connectivity index (χ2v) is 13.6. The first kappa shape index (κ1) is 30.9. The molecule has 0 unspecified atom stereocenters. The van der Waals surface area contributed by atoms with Crippen molar-refractivity contribution in [3.8, 4) is 0 Å². The number of aryl methyl sites for hydroxylation is 1. The maximum Gasteiger partial charge on any atom is 0.333 e. The molecule has 3 aromatic carbocycles. The Bertz CT molecular complexity index is 2020. The summed E-state index contributed by atoms with van der Waals surface area (Å²) < 4.78 is 45.4. The Morgan fingerprint density at radius 1 is 0.932 bits per heavy atom. The zero-order valence-electron chi connectivity index (χ0n) is 25.2. The summed E-state index contributed by atoms with van der Waals surface area (Å²) in [6, 6.07) is 19.8. The molecule has 0 atom stereocenters. The SMILES string of the molecule is CCCCn1c(=O)n(Cc2ccccc2F)c(=O)c2[nH]c(Cc3ccc(NS(=O)(=O)c4ccc(C(C)(C)C)cc4)cc3)nc21. The average Bonchev–Trinajstić information content (AvgIpc) is 3.40. The normalized spacial score (nSPS) is 12.1. The minimum Gasteiger partial charge on any atom is -0.336 e. The molecule has 0 amide bonds. The summed E-state index contributed by atoms with van der Waals surface area (Å²) in [7, 11) is -3.78. The van der Waals surface area contributed by atoms with Gasteiger partial charge in [-0.25, -0.2) is 22.6 Å². The molecule has 5 rings (SSSR count). The molecule has 11 heteroatoms. The zero-order valence-corrected chi connectivity index (χ0v) is 26.0. The molecular formula is C33H36FN5O4S. The van der Waals surface area contributed by atoms with Crippen LogP contribution in [0.4, 0.5) is 10.1 Å². The largest absolute Gasteiger partial charge is 0.336 e. The Balaban J connectivity index is 1.40. The fourth-order valence-corrected chi connectivity index (χ4v) is 6.04. The van der Waals surface area contributed by atoms with Crippen LogP contribution in [0.25, 0.3) is 11.2 Å². The summed E-state index contributed by atoms with van der Waals surface area (Å²) in [6.45, 7) is 8.37. The van der Waals surface area contributed by atoms with Crippen LogP contribution in [0.3, 0.4) is 0 Å². The molecule has 0 aliphatic rings. The van der Waals surface area contributed by atoms with E-state index < -0.39 is 27.1 Å². The van der Waals surface area contributed by atoms with Crippen molar-refractivity contribution in [1.29, 1.82) is 0 Å². The number of unbranched alkanes of at least 4 members (excludes halogenated alkanes) is 1. The number of H-pyrrole nitrogens is 1. The number of rotatable bonds is 10. The number of nitrogens with zero attached hydrogens (tertiary/aromatic N) is 3. The smallest absolute Gasteiger partial charge is 0.333 e. The number of fused-ring (bicyclic) bond motifs is 1. The number of sulfonamides is 1. The number of hydrogen-bond donors (Lipinski definition) is 2. The van der Waals surface area contributed by atoms with Crippen molar-refractivity contribution < 1.29 is 12.8 Å². The number of aromatic amines is 1. The van der Waals surface area contributed by atoms with Crippen molar-refractivity contribution in [3.05, 3.63) is 122 Å². The summed E-state index contributed by atoms with van der Waals surface area (Å²) >= 11 is 0. The summed E-state index contributed by atoms with van der Waals surface area (Å²) in [5.41, 5.74) is 1.74. The molecule has 0 saturated heterocycles. The van der Waals surface area contributed by atoms with Crippen LogP contribution in [0, 0.1) is 5.82 Å². The molecule has 9 nitrogen and oxygen atoms in total. The van der Waals surface area contributed by atoms with Gasteiger partial charge in [0.1, 0.15) is 17.2 Å². The first-order valence-corrected chi connectivity index (χ1v) is 16.0. The van der Waals surface area contributed by atoms with E-state index in [0.717, 1.165) is 22.1 Å². The Morgan fingerprint density at radius 2 is 1.61 bits per heavy atom. The second kappa shape index (κ2) is 12.2. The number of imidazole rings is 1. The van der Waals surface area contributed by atoms with Gasteiger partial charge in [-0.2, -0.15) is 0 Å². The third-order valence-electron chi connectivity index (χ3n) is 7.54. The molecule has 2 heterocycles. The number of aromatic nitrogens is 4. The molecular weight excluding hydrogens is 581 g/mol. The van der Waals surface area contributed by atoms with Gasteiger partial charge in [0.15, 0.2) is 5.65 Å². The van der Waals surface area contributed by atoms with E-state index in [-0.39, 0.29) is 33.6 Å². The Morgan fingerprint density at radius 3 is 2.25 bits per heavy atom. The van der Waals surface area contributed by atoms with Gasteiger partial charge in [0.05, 0.1) is 11.4 Å². The number of halogens is 1. The van der Waals surface area contributed by atoms with Gasteiger partial charge in [0, 0.05) is 24.2 Å². The molecule has 44 heavy (non-hydrogen) atoms. The van der Waals surface area contributed by atoms with E-state index in [4.69, 9.17) is 0 Å². The Hall–Kier alpha value is -4.51. The van der Waals surface area contributed by atoms with Crippen LogP contribution in [-0.2, 0) is 34.9 Å². The van der Waals surface area contributed by atoms with Crippen molar-refractivity contribution in [2.75, 3.05) is 4.72 Å². The van der Waals surface area contributed by atoms with Crippen LogP contribution >= 0.6 is 0 Å². The minimum absolute atomic E-state index is 0.0869. The predicted molar refractivity (Wildman–Crippen MR) is 170 cm³/mol. The van der Waals surface area contributed by atoms with Gasteiger partial charge in [-0.05, 0) is 53.3 Å². The van der Waals surface area contributed by atoms with E-state index in [2.05, 4.69) is 35.5 Å². The summed E-state index contributed by atoms with van der Waals surface area (Å²) in [5.74, 6) is -0.0221. The van der Waals surface area contributed by atoms with Crippen molar-refractivity contribution in [2.45, 2.75) is 70.4 Å². The van der Waals surface area contributed by atoms with Gasteiger partial charge < -0.3 is 4.98 Å². The Labute approximate surface area is 255 Å². The number of benzene rings is 3. The van der Waals surface area contributed by atoms with Crippen LogP contribution in [0.2, 0.25) is 0 Å². The van der Waals surface area contributed by atoms with Crippen molar-refractivity contribution >= 4 is 26.9 Å². The van der Waals surface area contributed by atoms with E-state index in [0.29, 0.717) is 30.9 Å². The average molecular weight is 618 g/mol. The lowest BCUT2D eigenvalue weighted by Gasteiger charge is -2.19. The van der Waals surface area contributed by atoms with E-state index in [9.17, 15) is 22.4 Å². The molecule has 2 aromatic heterocycles. The van der Waals surface area contributed by atoms with Crippen LogP contribution < -0.4 is 16.0 Å². The fraction of sp³-hybridized carbons (Fsp3) is 0.303. The first-order valence-electron chi connectivity index (χ1n) is 14.6. The van der Waals surface area contributed by atoms with Gasteiger partial charge in [0.2, 0.25) is 0 Å². The molecule has 0 radical (unpaired) electrons. The van der Waals surface area contributed by atoms with E-state index in [1.165, 1.54) is 10.6 Å². The topological polar surface area (TPSA) is 119 Å². The zero-order chi connectivity index (χ0) is 31.6. The monoisotopic (exact) mass is 617 g/mol. The molecule has 2 N–H and O–H groups in total. The lowest BCUT2D eigenvalue weighted by atomic mass is 9.87. The van der Waals surface area contributed by atoms with E-state index in [1.807, 2.05) is 19.1 Å². The maximum absolute atomic E-state index is 14.4. The van der Waals surface area contributed by atoms with Gasteiger partial charge in [-0.3, -0.25) is 18.7 Å². The number of nitrogens with one attached hydrogen (secondary N) is 2. The van der Waals surface area contributed by atoms with Crippen LogP contribution in [-0.4, -0.2) is 27.5 Å². The molecule has 0 fully saturated rings. The molecule has 0 aliphatic heterocycles. The lowest BCUT2D eigenvalue weighted by molar-refractivity contribution is 0.553. The lowest BCUT2D eigenvalue weighted by Crippen LogP contribution is -2.40. The van der Waals surface area contributed by atoms with Crippen LogP contribution in [0.1, 0.15) is 63.1 Å². The van der Waals surface area contributed by atoms with Gasteiger partial charge in [-0.15, -0.1) is 0 Å². The van der Waals surface area contributed by atoms with Gasteiger partial charge in [-0.1, -0.05) is 76.6 Å². The highest BCUT2D eigenvalue weighted by Gasteiger charge is 2.20. The van der Waals surface area contributed by atoms with Crippen LogP contribution in [0.15, 0.2) is 87.3 Å². The van der Waals surface area contributed by atoms with E-state index >= 15 is 0 Å². The van der Waals surface area contributed by atoms with Crippen molar-refractivity contribution in [2.24, 2.45) is 0 Å². The highest BCUT2D eigenvalue weighted by molar-refractivity contribution is 7.92. The summed E-state index contributed by atoms with van der Waals surface area (Å²) in [4.78, 5) is 34.7. The summed E-state index contributed by atoms with van der Waals surface area (Å²) in [5, 5.41) is 0. The number of anilines is 1. The fourth-order valence-electron chi connectivity index (χ4n) is 4.98. The molecule has 0 bridgehead atoms. The maximum atomic E-state index is 14.4.